The summed E-state index contributed by atoms with van der Waals surface area (Å²) in [4.78, 5) is 27.4. The van der Waals surface area contributed by atoms with Gasteiger partial charge in [0.05, 0.1) is 19.0 Å². The number of aromatic nitrogens is 1. The number of ketones is 1. The Labute approximate surface area is 187 Å². The van der Waals surface area contributed by atoms with Gasteiger partial charge in [-0.15, -0.1) is 0 Å². The fourth-order valence-corrected chi connectivity index (χ4v) is 4.22. The molecule has 0 bridgehead atoms. The third kappa shape index (κ3) is 5.16. The molecule has 2 heterocycles. The number of para-hydroxylation sites is 2. The number of rotatable bonds is 7. The third-order valence-electron chi connectivity index (χ3n) is 5.88. The van der Waals surface area contributed by atoms with Crippen LogP contribution in [-0.2, 0) is 6.54 Å². The number of amides is 2. The molecule has 3 aromatic rings. The zero-order valence-electron chi connectivity index (χ0n) is 18.0. The summed E-state index contributed by atoms with van der Waals surface area (Å²) in [6.07, 6.45) is 3.90. The van der Waals surface area contributed by atoms with E-state index >= 15 is 0 Å². The summed E-state index contributed by atoms with van der Waals surface area (Å²) in [5, 5.41) is 15.7. The summed E-state index contributed by atoms with van der Waals surface area (Å²) in [5.41, 5.74) is 2.46. The second-order valence-corrected chi connectivity index (χ2v) is 8.10. The number of Topliss-reactive ketones (excluding diaryl/α,β-unsaturated/α-hetero) is 1. The van der Waals surface area contributed by atoms with E-state index in [1.54, 1.807) is 0 Å². The number of fused-ring (bicyclic) bond motifs is 1. The van der Waals surface area contributed by atoms with Crippen molar-refractivity contribution in [2.45, 2.75) is 31.8 Å². The van der Waals surface area contributed by atoms with Crippen LogP contribution in [0.15, 0.2) is 60.8 Å². The van der Waals surface area contributed by atoms with Crippen LogP contribution in [0.3, 0.4) is 0 Å². The fraction of sp³-hybridized carbons (Fsp3) is 0.320. The van der Waals surface area contributed by atoms with Crippen LogP contribution in [0.2, 0.25) is 0 Å². The maximum Gasteiger partial charge on any atom is 0.319 e. The maximum absolute atomic E-state index is 13.1. The van der Waals surface area contributed by atoms with Gasteiger partial charge in [-0.2, -0.15) is 5.26 Å². The monoisotopic (exact) mass is 429 g/mol. The van der Waals surface area contributed by atoms with Gasteiger partial charge in [0.15, 0.2) is 5.78 Å². The van der Waals surface area contributed by atoms with Gasteiger partial charge >= 0.3 is 6.03 Å². The van der Waals surface area contributed by atoms with Crippen molar-refractivity contribution in [3.8, 4) is 6.07 Å². The summed E-state index contributed by atoms with van der Waals surface area (Å²) in [6, 6.07) is 19.3. The van der Waals surface area contributed by atoms with Crippen LogP contribution >= 0.6 is 0 Å². The van der Waals surface area contributed by atoms with Gasteiger partial charge in [0, 0.05) is 54.0 Å². The zero-order valence-corrected chi connectivity index (χ0v) is 18.0. The molecule has 7 heteroatoms. The van der Waals surface area contributed by atoms with Crippen LogP contribution in [-0.4, -0.2) is 47.0 Å². The molecule has 2 aromatic carbocycles. The van der Waals surface area contributed by atoms with Crippen LogP contribution < -0.4 is 10.6 Å². The summed E-state index contributed by atoms with van der Waals surface area (Å²) >= 11 is 0. The molecule has 0 unspecified atom stereocenters. The van der Waals surface area contributed by atoms with E-state index in [0.717, 1.165) is 42.5 Å². The minimum absolute atomic E-state index is 0.0881. The number of nitrogens with one attached hydrogen (secondary N) is 2. The molecule has 1 aliphatic rings. The normalized spacial score (nSPS) is 14.7. The first-order chi connectivity index (χ1) is 15.6. The van der Waals surface area contributed by atoms with Gasteiger partial charge in [0.2, 0.25) is 0 Å². The van der Waals surface area contributed by atoms with E-state index in [9.17, 15) is 9.59 Å². The lowest BCUT2D eigenvalue weighted by Gasteiger charge is -2.31. The van der Waals surface area contributed by atoms with Crippen LogP contribution in [0.25, 0.3) is 10.9 Å². The van der Waals surface area contributed by atoms with Crippen LogP contribution in [0.1, 0.15) is 29.6 Å². The Morgan fingerprint density at radius 2 is 1.75 bits per heavy atom. The fourth-order valence-electron chi connectivity index (χ4n) is 4.22. The molecule has 0 aliphatic carbocycles. The molecule has 0 saturated carbocycles. The van der Waals surface area contributed by atoms with Crippen molar-refractivity contribution < 1.29 is 9.59 Å². The molecule has 1 aromatic heterocycles. The number of piperidine rings is 1. The average molecular weight is 430 g/mol. The van der Waals surface area contributed by atoms with Gasteiger partial charge in [-0.1, -0.05) is 36.4 Å². The van der Waals surface area contributed by atoms with Crippen molar-refractivity contribution in [1.29, 1.82) is 5.26 Å². The minimum atomic E-state index is -0.198. The number of benzene rings is 2. The topological polar surface area (TPSA) is 90.2 Å². The lowest BCUT2D eigenvalue weighted by Crippen LogP contribution is -2.47. The Morgan fingerprint density at radius 3 is 2.50 bits per heavy atom. The molecule has 164 valence electrons. The van der Waals surface area contributed by atoms with Crippen LogP contribution in [0, 0.1) is 11.3 Å². The van der Waals surface area contributed by atoms with Gasteiger partial charge in [0.25, 0.3) is 0 Å². The predicted molar refractivity (Wildman–Crippen MR) is 125 cm³/mol. The molecule has 1 aliphatic heterocycles. The molecule has 2 N–H and O–H groups in total. The molecular formula is C25H27N5O2. The van der Waals surface area contributed by atoms with E-state index in [-0.39, 0.29) is 17.9 Å². The third-order valence-corrected chi connectivity index (χ3v) is 5.88. The number of anilines is 1. The second kappa shape index (κ2) is 10.1. The Balaban J connectivity index is 1.31. The highest BCUT2D eigenvalue weighted by Crippen LogP contribution is 2.23. The molecule has 4 rings (SSSR count). The lowest BCUT2D eigenvalue weighted by molar-refractivity contribution is 0.0907. The summed E-state index contributed by atoms with van der Waals surface area (Å²) < 4.78 is 1.99. The summed E-state index contributed by atoms with van der Waals surface area (Å²) in [7, 11) is 0. The molecule has 2 amide bonds. The molecular weight excluding hydrogens is 402 g/mol. The molecule has 0 radical (unpaired) electrons. The summed E-state index contributed by atoms with van der Waals surface area (Å²) in [5.74, 6) is 0.0881. The van der Waals surface area contributed by atoms with Crippen molar-refractivity contribution >= 4 is 28.4 Å². The number of nitriles is 1. The van der Waals surface area contributed by atoms with E-state index in [1.807, 2.05) is 65.4 Å². The molecule has 0 spiro atoms. The Kier molecular flexibility index (Phi) is 6.83. The Hall–Kier alpha value is -3.63. The number of nitrogens with zero attached hydrogens (tertiary/aromatic N) is 3. The number of carbonyl (C=O) groups is 2. The lowest BCUT2D eigenvalue weighted by atomic mass is 10.0. The number of hydrogen-bond donors (Lipinski definition) is 2. The van der Waals surface area contributed by atoms with E-state index < -0.39 is 0 Å². The van der Waals surface area contributed by atoms with Crippen molar-refractivity contribution in [2.75, 3.05) is 25.0 Å². The number of aryl methyl sites for hydroxylation is 1. The molecule has 32 heavy (non-hydrogen) atoms. The first kappa shape index (κ1) is 21.6. The first-order valence-corrected chi connectivity index (χ1v) is 11.0. The smallest absolute Gasteiger partial charge is 0.319 e. The molecule has 1 fully saturated rings. The highest BCUT2D eigenvalue weighted by atomic mass is 16.2. The van der Waals surface area contributed by atoms with Gasteiger partial charge in [-0.25, -0.2) is 4.79 Å². The Bertz CT molecular complexity index is 1120. The van der Waals surface area contributed by atoms with E-state index in [1.165, 1.54) is 0 Å². The Morgan fingerprint density at radius 1 is 1.03 bits per heavy atom. The van der Waals surface area contributed by atoms with Crippen molar-refractivity contribution in [1.82, 2.24) is 14.8 Å². The zero-order chi connectivity index (χ0) is 22.3. The molecule has 1 saturated heterocycles. The molecule has 0 atom stereocenters. The van der Waals surface area contributed by atoms with E-state index in [4.69, 9.17) is 5.26 Å². The predicted octanol–water partition coefficient (Wildman–Crippen LogP) is 4.02. The van der Waals surface area contributed by atoms with Gasteiger partial charge in [0.1, 0.15) is 0 Å². The van der Waals surface area contributed by atoms with E-state index in [0.29, 0.717) is 25.1 Å². The van der Waals surface area contributed by atoms with Gasteiger partial charge < -0.3 is 15.2 Å². The maximum atomic E-state index is 13.1. The van der Waals surface area contributed by atoms with Crippen molar-refractivity contribution in [2.24, 2.45) is 0 Å². The number of likely N-dealkylation sites (tertiary alicyclic amines) is 1. The molecule has 7 nitrogen and oxygen atoms in total. The van der Waals surface area contributed by atoms with Crippen LogP contribution in [0.4, 0.5) is 10.5 Å². The van der Waals surface area contributed by atoms with Gasteiger partial charge in [-0.3, -0.25) is 9.69 Å². The quantitative estimate of drug-likeness (QED) is 0.555. The first-order valence-electron chi connectivity index (χ1n) is 11.0. The SMILES string of the molecule is N#CCCn1cc(C(=O)CN2CCC(NC(=O)Nc3ccccc3)CC2)c2ccccc21. The largest absolute Gasteiger partial charge is 0.346 e. The van der Waals surface area contributed by atoms with Crippen LogP contribution in [0.5, 0.6) is 0 Å². The highest BCUT2D eigenvalue weighted by Gasteiger charge is 2.24. The number of urea groups is 1. The summed E-state index contributed by atoms with van der Waals surface area (Å²) in [6.45, 7) is 2.45. The van der Waals surface area contributed by atoms with Crippen molar-refractivity contribution in [3.63, 3.8) is 0 Å². The number of hydrogen-bond acceptors (Lipinski definition) is 4. The van der Waals surface area contributed by atoms with E-state index in [2.05, 4.69) is 21.6 Å². The number of carbonyl (C=O) groups excluding carboxylic acids is 2. The standard InChI is InChI=1S/C25H27N5O2/c26-13-6-14-30-17-22(21-9-4-5-10-23(21)30)24(31)18-29-15-11-20(12-16-29)28-25(32)27-19-7-2-1-3-8-19/h1-5,7-10,17,20H,6,11-12,14-16,18H2,(H2,27,28,32). The average Bonchev–Trinajstić information content (AvgIpc) is 3.18. The van der Waals surface area contributed by atoms with Crippen molar-refractivity contribution in [3.05, 3.63) is 66.4 Å². The second-order valence-electron chi connectivity index (χ2n) is 8.10. The minimum Gasteiger partial charge on any atom is -0.346 e. The highest BCUT2D eigenvalue weighted by molar-refractivity contribution is 6.09. The van der Waals surface area contributed by atoms with Gasteiger partial charge in [-0.05, 0) is 31.0 Å².